The summed E-state index contributed by atoms with van der Waals surface area (Å²) in [6.07, 6.45) is 7.98. The molecule has 0 radical (unpaired) electrons. The van der Waals surface area contributed by atoms with Crippen molar-refractivity contribution in [3.63, 3.8) is 0 Å². The van der Waals surface area contributed by atoms with Crippen LogP contribution in [0.4, 0.5) is 0 Å². The number of likely N-dealkylation sites (tertiary alicyclic amines) is 1. The number of methoxy groups -OCH3 is 1. The maximum Gasteiger partial charge on any atom is 0.248 e. The lowest BCUT2D eigenvalue weighted by Crippen LogP contribution is -2.36. The maximum absolute atomic E-state index is 12.7. The van der Waals surface area contributed by atoms with Crippen molar-refractivity contribution in [2.45, 2.75) is 83.5 Å². The van der Waals surface area contributed by atoms with Gasteiger partial charge in [0.15, 0.2) is 11.6 Å². The molecule has 0 atom stereocenters. The third kappa shape index (κ3) is 7.87. The van der Waals surface area contributed by atoms with E-state index in [2.05, 4.69) is 28.3 Å². The van der Waals surface area contributed by atoms with Crippen molar-refractivity contribution in [2.75, 3.05) is 26.7 Å². The Balaban J connectivity index is 0.000000229. The number of allylic oxidation sites excluding steroid dienone is 1. The number of ketones is 2. The fourth-order valence-corrected chi connectivity index (χ4v) is 7.48. The Labute approximate surface area is 305 Å². The van der Waals surface area contributed by atoms with Crippen molar-refractivity contribution in [3.8, 4) is 23.0 Å². The van der Waals surface area contributed by atoms with Crippen molar-refractivity contribution in [1.82, 2.24) is 9.47 Å². The highest BCUT2D eigenvalue weighted by Gasteiger charge is 2.34. The van der Waals surface area contributed by atoms with Gasteiger partial charge in [0.25, 0.3) is 0 Å². The molecule has 3 aliphatic rings. The molecule has 4 heterocycles. The standard InChI is InChI=1S/C28H33N3O4.C14H16O3/c1-28(2)17-24(32)22-14-19(25(34-3)16-26(22)35-28)6-10-30-11-8-21(9-12-30)31-13-7-18-4-5-20(27(29)33)15-23(18)31;1-4-5-9-6-10-12(16)8-14(2,3)17-13(10)7-11(9)15/h4-5,7,13-16,21H,6,8-12,17H2,1-3H3,(H2,29,33);4,6-7,15H,1,5,8H2,2-3H3. The number of aromatic hydroxyl groups is 1. The minimum atomic E-state index is -0.503. The predicted molar refractivity (Wildman–Crippen MR) is 201 cm³/mol. The van der Waals surface area contributed by atoms with Crippen LogP contribution in [0.15, 0.2) is 67.4 Å². The fourth-order valence-electron chi connectivity index (χ4n) is 7.48. The van der Waals surface area contributed by atoms with Gasteiger partial charge in [0.1, 0.15) is 34.2 Å². The van der Waals surface area contributed by atoms with Crippen LogP contribution >= 0.6 is 0 Å². The quantitative estimate of drug-likeness (QED) is 0.183. The van der Waals surface area contributed by atoms with E-state index in [1.54, 1.807) is 25.3 Å². The number of Topliss-reactive ketones (excluding diaryl/α,β-unsaturated/α-hetero) is 2. The number of benzene rings is 3. The number of primary amides is 1. The van der Waals surface area contributed by atoms with E-state index < -0.39 is 17.1 Å². The zero-order valence-electron chi connectivity index (χ0n) is 30.8. The molecule has 3 aliphatic heterocycles. The number of amides is 1. The lowest BCUT2D eigenvalue weighted by atomic mass is 9.91. The monoisotopic (exact) mass is 707 g/mol. The Morgan fingerprint density at radius 3 is 2.15 bits per heavy atom. The summed E-state index contributed by atoms with van der Waals surface area (Å²) in [4.78, 5) is 38.8. The third-order valence-electron chi connectivity index (χ3n) is 10.1. The van der Waals surface area contributed by atoms with Crippen LogP contribution in [0.2, 0.25) is 0 Å². The summed E-state index contributed by atoms with van der Waals surface area (Å²) in [6, 6.07) is 15.2. The van der Waals surface area contributed by atoms with Crippen molar-refractivity contribution in [1.29, 1.82) is 0 Å². The van der Waals surface area contributed by atoms with E-state index in [0.717, 1.165) is 61.1 Å². The number of hydrogen-bond donors (Lipinski definition) is 2. The maximum atomic E-state index is 12.7. The molecule has 1 fully saturated rings. The molecule has 7 rings (SSSR count). The summed E-state index contributed by atoms with van der Waals surface area (Å²) in [5, 5.41) is 10.9. The molecule has 4 aromatic rings. The zero-order chi connectivity index (χ0) is 37.4. The number of hydrogen-bond acceptors (Lipinski definition) is 8. The van der Waals surface area contributed by atoms with E-state index in [-0.39, 0.29) is 17.3 Å². The molecule has 0 aliphatic carbocycles. The van der Waals surface area contributed by atoms with Gasteiger partial charge < -0.3 is 34.5 Å². The average molecular weight is 708 g/mol. The predicted octanol–water partition coefficient (Wildman–Crippen LogP) is 7.24. The van der Waals surface area contributed by atoms with Gasteiger partial charge in [-0.1, -0.05) is 12.1 Å². The summed E-state index contributed by atoms with van der Waals surface area (Å²) in [7, 11) is 1.66. The minimum Gasteiger partial charge on any atom is -0.508 e. The Morgan fingerprint density at radius 2 is 1.56 bits per heavy atom. The first-order valence-corrected chi connectivity index (χ1v) is 17.9. The minimum absolute atomic E-state index is 0.0570. The van der Waals surface area contributed by atoms with E-state index in [4.69, 9.17) is 19.9 Å². The number of aromatic nitrogens is 1. The number of phenols is 1. The third-order valence-corrected chi connectivity index (χ3v) is 10.1. The second-order valence-electron chi connectivity index (χ2n) is 15.2. The highest BCUT2D eigenvalue weighted by Crippen LogP contribution is 2.39. The molecule has 1 saturated heterocycles. The van der Waals surface area contributed by atoms with Gasteiger partial charge in [0, 0.05) is 55.1 Å². The molecule has 0 spiro atoms. The lowest BCUT2D eigenvalue weighted by molar-refractivity contribution is 0.0606. The molecule has 52 heavy (non-hydrogen) atoms. The fraction of sp³-hybridized carbons (Fsp3) is 0.405. The molecule has 1 amide bonds. The number of phenolic OH excluding ortho intramolecular Hbond substituents is 1. The van der Waals surface area contributed by atoms with Crippen molar-refractivity contribution in [2.24, 2.45) is 5.73 Å². The smallest absolute Gasteiger partial charge is 0.248 e. The normalized spacial score (nSPS) is 17.9. The van der Waals surface area contributed by atoms with Crippen molar-refractivity contribution in [3.05, 3.63) is 95.2 Å². The summed E-state index contributed by atoms with van der Waals surface area (Å²) < 4.78 is 19.7. The van der Waals surface area contributed by atoms with Crippen LogP contribution in [0, 0.1) is 0 Å². The molecule has 274 valence electrons. The van der Waals surface area contributed by atoms with E-state index >= 15 is 0 Å². The van der Waals surface area contributed by atoms with Crippen LogP contribution in [0.5, 0.6) is 23.0 Å². The Kier molecular flexibility index (Phi) is 10.2. The van der Waals surface area contributed by atoms with Gasteiger partial charge in [-0.25, -0.2) is 0 Å². The second kappa shape index (κ2) is 14.5. The zero-order valence-corrected chi connectivity index (χ0v) is 30.8. The molecule has 0 bridgehead atoms. The molecular formula is C42H49N3O7. The number of carbonyl (C=O) groups excluding carboxylic acids is 3. The molecule has 10 nitrogen and oxygen atoms in total. The number of rotatable bonds is 8. The lowest BCUT2D eigenvalue weighted by Gasteiger charge is -2.34. The topological polar surface area (TPSA) is 133 Å². The highest BCUT2D eigenvalue weighted by atomic mass is 16.5. The van der Waals surface area contributed by atoms with Gasteiger partial charge >= 0.3 is 0 Å². The van der Waals surface area contributed by atoms with E-state index in [1.807, 2.05) is 52.0 Å². The molecule has 3 aromatic carbocycles. The van der Waals surface area contributed by atoms with Gasteiger partial charge in [0.2, 0.25) is 5.91 Å². The first-order valence-electron chi connectivity index (χ1n) is 17.9. The van der Waals surface area contributed by atoms with E-state index in [1.165, 1.54) is 6.07 Å². The summed E-state index contributed by atoms with van der Waals surface area (Å²) >= 11 is 0. The number of fused-ring (bicyclic) bond motifs is 3. The van der Waals surface area contributed by atoms with Crippen LogP contribution in [0.1, 0.15) is 102 Å². The van der Waals surface area contributed by atoms with Crippen LogP contribution in [-0.2, 0) is 12.8 Å². The number of nitrogens with two attached hydrogens (primary N) is 1. The van der Waals surface area contributed by atoms with Crippen LogP contribution in [-0.4, -0.2) is 70.0 Å². The van der Waals surface area contributed by atoms with Gasteiger partial charge in [-0.3, -0.25) is 14.4 Å². The molecule has 1 aromatic heterocycles. The largest absolute Gasteiger partial charge is 0.508 e. The Bertz CT molecular complexity index is 2030. The molecule has 0 saturated carbocycles. The Morgan fingerprint density at radius 1 is 0.942 bits per heavy atom. The molecule has 10 heteroatoms. The first-order chi connectivity index (χ1) is 24.7. The summed E-state index contributed by atoms with van der Waals surface area (Å²) in [5.74, 6) is 1.79. The van der Waals surface area contributed by atoms with Crippen LogP contribution in [0.3, 0.4) is 0 Å². The molecule has 0 unspecified atom stereocenters. The summed E-state index contributed by atoms with van der Waals surface area (Å²) in [5.41, 5.74) is 9.06. The summed E-state index contributed by atoms with van der Waals surface area (Å²) in [6.45, 7) is 14.1. The van der Waals surface area contributed by atoms with Crippen LogP contribution < -0.4 is 19.9 Å². The van der Waals surface area contributed by atoms with Gasteiger partial charge in [-0.15, -0.1) is 6.58 Å². The highest BCUT2D eigenvalue weighted by molar-refractivity contribution is 6.01. The number of piperidine rings is 1. The van der Waals surface area contributed by atoms with Crippen molar-refractivity contribution >= 4 is 28.4 Å². The second-order valence-corrected chi connectivity index (χ2v) is 15.2. The van der Waals surface area contributed by atoms with Crippen molar-refractivity contribution < 1.29 is 33.7 Å². The van der Waals surface area contributed by atoms with Gasteiger partial charge in [0.05, 0.1) is 31.1 Å². The number of carbonyl (C=O) groups is 3. The molecular weight excluding hydrogens is 658 g/mol. The Hall–Kier alpha value is -5.09. The van der Waals surface area contributed by atoms with E-state index in [9.17, 15) is 19.5 Å². The SMILES string of the molecule is C=CCc1cc2c(cc1O)OC(C)(C)CC2=O.COc1cc2c(cc1CCN1CCC(n3ccc4ccc(C(N)=O)cc43)CC1)C(=O)CC(C)(C)O2. The van der Waals surface area contributed by atoms with E-state index in [0.29, 0.717) is 59.1 Å². The molecule has 3 N–H and O–H groups in total. The first kappa shape index (κ1) is 36.7. The van der Waals surface area contributed by atoms with Gasteiger partial charge in [-0.05, 0) is 100 Å². The number of nitrogens with zero attached hydrogens (tertiary/aromatic N) is 2. The number of ether oxygens (including phenoxy) is 3. The van der Waals surface area contributed by atoms with Crippen LogP contribution in [0.25, 0.3) is 10.9 Å². The average Bonchev–Trinajstić information content (AvgIpc) is 3.51. The van der Waals surface area contributed by atoms with Gasteiger partial charge in [-0.2, -0.15) is 0 Å².